The van der Waals surface area contributed by atoms with Crippen LogP contribution in [0.1, 0.15) is 66.2 Å². The van der Waals surface area contributed by atoms with Crippen molar-refractivity contribution < 1.29 is 4.74 Å². The molecular weight excluding hydrogens is 282 g/mol. The van der Waals surface area contributed by atoms with Gasteiger partial charge >= 0.3 is 0 Å². The zero-order chi connectivity index (χ0) is 16.7. The van der Waals surface area contributed by atoms with Gasteiger partial charge in [0.25, 0.3) is 0 Å². The van der Waals surface area contributed by atoms with Crippen molar-refractivity contribution in [2.75, 3.05) is 6.61 Å². The molecule has 0 bridgehead atoms. The van der Waals surface area contributed by atoms with Gasteiger partial charge in [0, 0.05) is 19.3 Å². The van der Waals surface area contributed by atoms with Crippen LogP contribution < -0.4 is 0 Å². The van der Waals surface area contributed by atoms with Gasteiger partial charge < -0.3 is 9.58 Å². The van der Waals surface area contributed by atoms with E-state index in [9.17, 15) is 0 Å². The van der Waals surface area contributed by atoms with Gasteiger partial charge in [0.05, 0.1) is 12.2 Å². The minimum Gasteiger partial charge on any atom is -0.369 e. The van der Waals surface area contributed by atoms with Crippen LogP contribution in [0.2, 0.25) is 0 Å². The monoisotopic (exact) mass is 313 g/mol. The minimum absolute atomic E-state index is 0.104. The van der Waals surface area contributed by atoms with Crippen molar-refractivity contribution in [3.8, 4) is 0 Å². The molecule has 2 nitrogen and oxygen atoms in total. The van der Waals surface area contributed by atoms with Crippen molar-refractivity contribution in [3.05, 3.63) is 34.7 Å². The molecular formula is C21H31NO. The molecule has 23 heavy (non-hydrogen) atoms. The van der Waals surface area contributed by atoms with Crippen LogP contribution in [0.5, 0.6) is 0 Å². The predicted octanol–water partition coefficient (Wildman–Crippen LogP) is 5.56. The average molecular weight is 313 g/mol. The van der Waals surface area contributed by atoms with Crippen LogP contribution in [-0.2, 0) is 4.74 Å². The maximum Gasteiger partial charge on any atom is 0.233 e. The average Bonchev–Trinajstić information content (AvgIpc) is 3.27. The highest BCUT2D eigenvalue weighted by Gasteiger charge is 2.60. The van der Waals surface area contributed by atoms with Gasteiger partial charge in [0.1, 0.15) is 0 Å². The van der Waals surface area contributed by atoms with Gasteiger partial charge in [-0.15, -0.1) is 0 Å². The summed E-state index contributed by atoms with van der Waals surface area (Å²) in [6.07, 6.45) is 11.7. The van der Waals surface area contributed by atoms with Crippen molar-refractivity contribution >= 4 is 0 Å². The molecule has 1 saturated heterocycles. The van der Waals surface area contributed by atoms with E-state index >= 15 is 0 Å². The molecule has 5 atom stereocenters. The first-order valence-electron chi connectivity index (χ1n) is 9.23. The van der Waals surface area contributed by atoms with Crippen molar-refractivity contribution in [1.82, 2.24) is 0 Å². The van der Waals surface area contributed by atoms with E-state index in [0.717, 1.165) is 32.3 Å². The molecule has 0 aromatic carbocycles. The fraction of sp³-hybridized carbons (Fsp3) is 0.762. The summed E-state index contributed by atoms with van der Waals surface area (Å²) in [4.78, 5) is 4.08. The second kappa shape index (κ2) is 6.10. The fourth-order valence-electron chi connectivity index (χ4n) is 5.05. The molecule has 0 aromatic heterocycles. The summed E-state index contributed by atoms with van der Waals surface area (Å²) in [7, 11) is 0. The molecule has 0 radical (unpaired) electrons. The Morgan fingerprint density at radius 1 is 1.39 bits per heavy atom. The number of allylic oxidation sites excluding steroid dienone is 4. The molecule has 2 heteroatoms. The van der Waals surface area contributed by atoms with Crippen molar-refractivity contribution in [3.63, 3.8) is 0 Å². The van der Waals surface area contributed by atoms with Crippen LogP contribution in [0.25, 0.3) is 4.85 Å². The maximum atomic E-state index is 7.73. The van der Waals surface area contributed by atoms with Crippen molar-refractivity contribution in [2.45, 2.75) is 77.4 Å². The quantitative estimate of drug-likeness (QED) is 0.377. The van der Waals surface area contributed by atoms with Gasteiger partial charge in [0.2, 0.25) is 5.54 Å². The van der Waals surface area contributed by atoms with E-state index in [1.54, 1.807) is 0 Å². The first-order chi connectivity index (χ1) is 10.9. The molecule has 0 spiro atoms. The lowest BCUT2D eigenvalue weighted by atomic mass is 9.56. The first kappa shape index (κ1) is 16.8. The standard InChI is InChI=1S/C21H31NO/c1-15(2)7-6-11-21(14-23-21)19-10-12-20(4,22-5)18-9-8-16(3)13-17(18)19/h7,13,17-19H,6,8-12,14H2,1-4H3/t17-,18-,19-,20-,21?/m0/s1. The van der Waals surface area contributed by atoms with Crippen LogP contribution in [0.15, 0.2) is 23.3 Å². The van der Waals surface area contributed by atoms with E-state index < -0.39 is 0 Å². The van der Waals surface area contributed by atoms with Crippen LogP contribution in [0.3, 0.4) is 0 Å². The summed E-state index contributed by atoms with van der Waals surface area (Å²) in [5.74, 6) is 1.68. The van der Waals surface area contributed by atoms with Crippen LogP contribution in [0, 0.1) is 24.3 Å². The number of fused-ring (bicyclic) bond motifs is 1. The van der Waals surface area contributed by atoms with E-state index in [0.29, 0.717) is 17.8 Å². The van der Waals surface area contributed by atoms with Gasteiger partial charge in [-0.25, -0.2) is 6.57 Å². The largest absolute Gasteiger partial charge is 0.369 e. The Kier molecular flexibility index (Phi) is 4.45. The second-order valence-electron chi connectivity index (χ2n) is 8.52. The van der Waals surface area contributed by atoms with E-state index in [2.05, 4.69) is 44.7 Å². The SMILES string of the molecule is [C-]#[N+][C@@]1(C)CC[C@H](C2(CCC=C(C)C)CO2)[C@H]2C=C(C)CC[C@@H]21. The molecule has 1 heterocycles. The van der Waals surface area contributed by atoms with Gasteiger partial charge in [-0.1, -0.05) is 23.3 Å². The van der Waals surface area contributed by atoms with Crippen molar-refractivity contribution in [1.29, 1.82) is 0 Å². The molecule has 2 fully saturated rings. The highest BCUT2D eigenvalue weighted by molar-refractivity contribution is 5.21. The van der Waals surface area contributed by atoms with Crippen LogP contribution in [0.4, 0.5) is 0 Å². The highest BCUT2D eigenvalue weighted by Crippen LogP contribution is 2.56. The number of hydrogen-bond donors (Lipinski definition) is 0. The topological polar surface area (TPSA) is 16.9 Å². The lowest BCUT2D eigenvalue weighted by molar-refractivity contribution is 0.0519. The second-order valence-corrected chi connectivity index (χ2v) is 8.52. The van der Waals surface area contributed by atoms with Crippen LogP contribution >= 0.6 is 0 Å². The minimum atomic E-state index is -0.158. The van der Waals surface area contributed by atoms with Gasteiger partial charge in [-0.2, -0.15) is 0 Å². The third-order valence-electron chi connectivity index (χ3n) is 6.58. The summed E-state index contributed by atoms with van der Waals surface area (Å²) < 4.78 is 6.07. The molecule has 0 N–H and O–H groups in total. The summed E-state index contributed by atoms with van der Waals surface area (Å²) >= 11 is 0. The third kappa shape index (κ3) is 3.13. The molecule has 2 aliphatic carbocycles. The zero-order valence-electron chi connectivity index (χ0n) is 15.2. The number of epoxide rings is 1. The van der Waals surface area contributed by atoms with E-state index in [1.807, 2.05) is 0 Å². The Hall–Kier alpha value is -1.07. The molecule has 0 amide bonds. The Morgan fingerprint density at radius 3 is 2.74 bits per heavy atom. The number of nitrogens with zero attached hydrogens (tertiary/aromatic N) is 1. The van der Waals surface area contributed by atoms with E-state index in [4.69, 9.17) is 11.3 Å². The zero-order valence-corrected chi connectivity index (χ0v) is 15.2. The highest BCUT2D eigenvalue weighted by atomic mass is 16.6. The normalized spacial score (nSPS) is 42.2. The number of ether oxygens (including phenoxy) is 1. The summed E-state index contributed by atoms with van der Waals surface area (Å²) in [5.41, 5.74) is 2.86. The first-order valence-corrected chi connectivity index (χ1v) is 9.23. The fourth-order valence-corrected chi connectivity index (χ4v) is 5.05. The Bertz CT molecular complexity index is 559. The Labute approximate surface area is 141 Å². The van der Waals surface area contributed by atoms with E-state index in [-0.39, 0.29) is 11.1 Å². The predicted molar refractivity (Wildman–Crippen MR) is 95.1 cm³/mol. The summed E-state index contributed by atoms with van der Waals surface area (Å²) in [6.45, 7) is 17.5. The Morgan fingerprint density at radius 2 is 2.13 bits per heavy atom. The summed E-state index contributed by atoms with van der Waals surface area (Å²) in [6, 6.07) is 0. The maximum absolute atomic E-state index is 7.73. The molecule has 3 rings (SSSR count). The Balaban J connectivity index is 1.81. The molecule has 1 unspecified atom stereocenters. The van der Waals surface area contributed by atoms with Gasteiger partial charge in [-0.3, -0.25) is 0 Å². The lowest BCUT2D eigenvalue weighted by Crippen LogP contribution is -2.49. The van der Waals surface area contributed by atoms with Gasteiger partial charge in [0.15, 0.2) is 0 Å². The smallest absolute Gasteiger partial charge is 0.233 e. The van der Waals surface area contributed by atoms with Crippen LogP contribution in [-0.4, -0.2) is 17.7 Å². The molecule has 1 aliphatic heterocycles. The third-order valence-corrected chi connectivity index (χ3v) is 6.58. The number of rotatable bonds is 4. The molecule has 126 valence electrons. The van der Waals surface area contributed by atoms with Gasteiger partial charge in [-0.05, 0) is 64.7 Å². The van der Waals surface area contributed by atoms with E-state index in [1.165, 1.54) is 24.0 Å². The molecule has 0 aromatic rings. The van der Waals surface area contributed by atoms with Crippen molar-refractivity contribution in [2.24, 2.45) is 17.8 Å². The summed E-state index contributed by atoms with van der Waals surface area (Å²) in [5, 5.41) is 0. The lowest BCUT2D eigenvalue weighted by Gasteiger charge is -2.46. The number of hydrogen-bond acceptors (Lipinski definition) is 1. The molecule has 1 saturated carbocycles. The molecule has 3 aliphatic rings.